The largest absolute Gasteiger partial charge is 0.472 e. The average molecular weight is 341 g/mol. The van der Waals surface area contributed by atoms with E-state index in [-0.39, 0.29) is 12.6 Å². The molecule has 0 aliphatic rings. The van der Waals surface area contributed by atoms with Gasteiger partial charge < -0.3 is 14.0 Å². The first-order chi connectivity index (χ1) is 12.2. The van der Waals surface area contributed by atoms with E-state index in [0.29, 0.717) is 30.7 Å². The maximum Gasteiger partial charge on any atom is 0.241 e. The van der Waals surface area contributed by atoms with Gasteiger partial charge in [-0.3, -0.25) is 4.90 Å². The van der Waals surface area contributed by atoms with E-state index in [4.69, 9.17) is 8.94 Å². The zero-order chi connectivity index (χ0) is 17.6. The van der Waals surface area contributed by atoms with Crippen LogP contribution in [0.15, 0.2) is 57.9 Å². The van der Waals surface area contributed by atoms with Gasteiger partial charge in [-0.15, -0.1) is 0 Å². The summed E-state index contributed by atoms with van der Waals surface area (Å²) in [5.74, 6) is 1.32. The highest BCUT2D eigenvalue weighted by Crippen LogP contribution is 2.20. The molecule has 132 valence electrons. The fourth-order valence-corrected chi connectivity index (χ4v) is 2.86. The number of rotatable bonds is 8. The maximum absolute atomic E-state index is 9.86. The van der Waals surface area contributed by atoms with E-state index in [1.807, 2.05) is 18.2 Å². The molecule has 0 aliphatic carbocycles. The van der Waals surface area contributed by atoms with E-state index >= 15 is 0 Å². The number of aliphatic hydroxyl groups excluding tert-OH is 1. The summed E-state index contributed by atoms with van der Waals surface area (Å²) in [6, 6.07) is 12.0. The standard InChI is InChI=1S/C19H23N3O3/c1-14(2)17(12-23)22(10-15-6-4-3-5-7-15)11-18-20-19(21-25-18)16-8-9-24-13-16/h3-9,13-14,17,23H,10-12H2,1-2H3. The summed E-state index contributed by atoms with van der Waals surface area (Å²) in [4.78, 5) is 6.62. The molecule has 0 saturated carbocycles. The van der Waals surface area contributed by atoms with Gasteiger partial charge in [0.2, 0.25) is 11.7 Å². The fourth-order valence-electron chi connectivity index (χ4n) is 2.86. The summed E-state index contributed by atoms with van der Waals surface area (Å²) in [6.07, 6.45) is 3.16. The average Bonchev–Trinajstić information content (AvgIpc) is 3.27. The summed E-state index contributed by atoms with van der Waals surface area (Å²) in [5, 5.41) is 13.9. The van der Waals surface area contributed by atoms with E-state index in [1.165, 1.54) is 5.56 Å². The van der Waals surface area contributed by atoms with Crippen LogP contribution in [0, 0.1) is 5.92 Å². The quantitative estimate of drug-likeness (QED) is 0.677. The Morgan fingerprint density at radius 1 is 1.12 bits per heavy atom. The van der Waals surface area contributed by atoms with E-state index in [0.717, 1.165) is 5.56 Å². The van der Waals surface area contributed by atoms with E-state index in [9.17, 15) is 5.11 Å². The van der Waals surface area contributed by atoms with Crippen LogP contribution in [-0.4, -0.2) is 32.8 Å². The second kappa shape index (κ2) is 8.09. The Morgan fingerprint density at radius 3 is 2.56 bits per heavy atom. The number of aliphatic hydroxyl groups is 1. The fraction of sp³-hybridized carbons (Fsp3) is 0.368. The molecule has 2 aromatic heterocycles. The Bertz CT molecular complexity index is 753. The van der Waals surface area contributed by atoms with Crippen molar-refractivity contribution in [3.8, 4) is 11.4 Å². The lowest BCUT2D eigenvalue weighted by Crippen LogP contribution is -2.40. The zero-order valence-corrected chi connectivity index (χ0v) is 14.5. The smallest absolute Gasteiger partial charge is 0.241 e. The second-order valence-corrected chi connectivity index (χ2v) is 6.41. The van der Waals surface area contributed by atoms with Crippen LogP contribution in [0.5, 0.6) is 0 Å². The minimum atomic E-state index is 0.00415. The molecule has 0 radical (unpaired) electrons. The van der Waals surface area contributed by atoms with Gasteiger partial charge in [0.05, 0.1) is 25.0 Å². The van der Waals surface area contributed by atoms with Crippen molar-refractivity contribution in [2.45, 2.75) is 33.0 Å². The van der Waals surface area contributed by atoms with Crippen LogP contribution in [-0.2, 0) is 13.1 Å². The third-order valence-electron chi connectivity index (χ3n) is 4.24. The monoisotopic (exact) mass is 341 g/mol. The zero-order valence-electron chi connectivity index (χ0n) is 14.5. The van der Waals surface area contributed by atoms with Gasteiger partial charge in [-0.05, 0) is 17.5 Å². The normalized spacial score (nSPS) is 12.8. The molecule has 2 heterocycles. The molecule has 0 saturated heterocycles. The number of nitrogens with zero attached hydrogens (tertiary/aromatic N) is 3. The lowest BCUT2D eigenvalue weighted by Gasteiger charge is -2.32. The van der Waals surface area contributed by atoms with Gasteiger partial charge in [0, 0.05) is 12.6 Å². The van der Waals surface area contributed by atoms with Crippen molar-refractivity contribution in [2.24, 2.45) is 5.92 Å². The molecule has 1 N–H and O–H groups in total. The molecule has 1 aromatic carbocycles. The van der Waals surface area contributed by atoms with Gasteiger partial charge in [0.1, 0.15) is 6.26 Å². The van der Waals surface area contributed by atoms with Crippen molar-refractivity contribution in [2.75, 3.05) is 6.61 Å². The molecule has 0 aliphatic heterocycles. The van der Waals surface area contributed by atoms with Crippen LogP contribution in [0.2, 0.25) is 0 Å². The number of benzene rings is 1. The SMILES string of the molecule is CC(C)C(CO)N(Cc1ccccc1)Cc1nc(-c2ccoc2)no1. The van der Waals surface area contributed by atoms with E-state index in [2.05, 4.69) is 41.0 Å². The highest BCUT2D eigenvalue weighted by molar-refractivity contribution is 5.51. The summed E-state index contributed by atoms with van der Waals surface area (Å²) in [5.41, 5.74) is 1.96. The van der Waals surface area contributed by atoms with Crippen LogP contribution in [0.4, 0.5) is 0 Å². The summed E-state index contributed by atoms with van der Waals surface area (Å²) < 4.78 is 10.5. The Morgan fingerprint density at radius 2 is 1.92 bits per heavy atom. The lowest BCUT2D eigenvalue weighted by atomic mass is 10.0. The minimum absolute atomic E-state index is 0.00415. The number of furan rings is 1. The Labute approximate surface area is 147 Å². The number of aromatic nitrogens is 2. The van der Waals surface area contributed by atoms with Crippen LogP contribution in [0.1, 0.15) is 25.3 Å². The van der Waals surface area contributed by atoms with Crippen LogP contribution in [0.3, 0.4) is 0 Å². The number of hydrogen-bond donors (Lipinski definition) is 1. The van der Waals surface area contributed by atoms with Gasteiger partial charge in [0.25, 0.3) is 0 Å². The first-order valence-corrected chi connectivity index (χ1v) is 8.41. The van der Waals surface area contributed by atoms with Crippen molar-refractivity contribution < 1.29 is 14.0 Å². The predicted molar refractivity (Wildman–Crippen MR) is 93.4 cm³/mol. The van der Waals surface area contributed by atoms with Crippen LogP contribution in [0.25, 0.3) is 11.4 Å². The maximum atomic E-state index is 9.86. The summed E-state index contributed by atoms with van der Waals surface area (Å²) in [6.45, 7) is 5.46. The molecule has 0 spiro atoms. The first-order valence-electron chi connectivity index (χ1n) is 8.41. The van der Waals surface area contributed by atoms with Crippen molar-refractivity contribution in [1.29, 1.82) is 0 Å². The Balaban J connectivity index is 1.79. The van der Waals surface area contributed by atoms with E-state index in [1.54, 1.807) is 18.6 Å². The highest BCUT2D eigenvalue weighted by atomic mass is 16.5. The molecule has 25 heavy (non-hydrogen) atoms. The molecule has 0 bridgehead atoms. The molecule has 6 heteroatoms. The lowest BCUT2D eigenvalue weighted by molar-refractivity contribution is 0.0695. The molecule has 1 atom stereocenters. The van der Waals surface area contributed by atoms with E-state index < -0.39 is 0 Å². The summed E-state index contributed by atoms with van der Waals surface area (Å²) in [7, 11) is 0. The molecule has 1 unspecified atom stereocenters. The molecular weight excluding hydrogens is 318 g/mol. The molecule has 0 amide bonds. The second-order valence-electron chi connectivity index (χ2n) is 6.41. The molecule has 3 rings (SSSR count). The molecule has 3 aromatic rings. The Hall–Kier alpha value is -2.44. The van der Waals surface area contributed by atoms with Gasteiger partial charge in [0.15, 0.2) is 0 Å². The predicted octanol–water partition coefficient (Wildman–Crippen LogP) is 3.35. The van der Waals surface area contributed by atoms with Crippen molar-refractivity contribution in [3.63, 3.8) is 0 Å². The Kier molecular flexibility index (Phi) is 5.63. The van der Waals surface area contributed by atoms with Crippen LogP contribution < -0.4 is 0 Å². The highest BCUT2D eigenvalue weighted by Gasteiger charge is 2.24. The summed E-state index contributed by atoms with van der Waals surface area (Å²) >= 11 is 0. The van der Waals surface area contributed by atoms with Gasteiger partial charge in [-0.25, -0.2) is 0 Å². The molecular formula is C19H23N3O3. The first kappa shape index (κ1) is 17.4. The minimum Gasteiger partial charge on any atom is -0.472 e. The van der Waals surface area contributed by atoms with Crippen molar-refractivity contribution in [3.05, 3.63) is 60.4 Å². The third kappa shape index (κ3) is 4.35. The molecule has 0 fully saturated rings. The van der Waals surface area contributed by atoms with Crippen molar-refractivity contribution in [1.82, 2.24) is 15.0 Å². The van der Waals surface area contributed by atoms with Crippen LogP contribution >= 0.6 is 0 Å². The van der Waals surface area contributed by atoms with Gasteiger partial charge in [-0.1, -0.05) is 49.3 Å². The topological polar surface area (TPSA) is 75.5 Å². The third-order valence-corrected chi connectivity index (χ3v) is 4.24. The van der Waals surface area contributed by atoms with Gasteiger partial charge >= 0.3 is 0 Å². The molecule has 6 nitrogen and oxygen atoms in total. The van der Waals surface area contributed by atoms with Crippen molar-refractivity contribution >= 4 is 0 Å². The van der Waals surface area contributed by atoms with Gasteiger partial charge in [-0.2, -0.15) is 4.98 Å². The number of hydrogen-bond acceptors (Lipinski definition) is 6.